The summed E-state index contributed by atoms with van der Waals surface area (Å²) in [6.45, 7) is 4.06. The molecule has 0 spiro atoms. The van der Waals surface area contributed by atoms with Gasteiger partial charge in [-0.1, -0.05) is 13.8 Å². The Labute approximate surface area is 78.9 Å². The van der Waals surface area contributed by atoms with E-state index >= 15 is 0 Å². The van der Waals surface area contributed by atoms with Gasteiger partial charge in [0.2, 0.25) is 0 Å². The molecule has 5 heteroatoms. The molecule has 0 aliphatic carbocycles. The van der Waals surface area contributed by atoms with Crippen LogP contribution in [0, 0.1) is 17.2 Å². The molecule has 0 bridgehead atoms. The van der Waals surface area contributed by atoms with Crippen LogP contribution >= 0.6 is 18.8 Å². The van der Waals surface area contributed by atoms with E-state index in [0.717, 1.165) is 0 Å². The number of nitriles is 1. The third-order valence-electron chi connectivity index (χ3n) is 0.500. The minimum atomic E-state index is -0.472. The van der Waals surface area contributed by atoms with Gasteiger partial charge in [0, 0.05) is 6.42 Å². The molecular weight excluding hydrogens is 354 g/mol. The number of rotatable bonds is 1. The summed E-state index contributed by atoms with van der Waals surface area (Å²) >= 11 is -0.472. The number of hydrogen-bond acceptors (Lipinski definition) is 2. The van der Waals surface area contributed by atoms with Crippen molar-refractivity contribution in [1.82, 2.24) is 6.15 Å². The van der Waals surface area contributed by atoms with Crippen LogP contribution in [0.4, 0.5) is 0 Å². The van der Waals surface area contributed by atoms with Crippen molar-refractivity contribution in [3.8, 4) is 6.07 Å². The van der Waals surface area contributed by atoms with E-state index in [-0.39, 0.29) is 6.15 Å². The van der Waals surface area contributed by atoms with E-state index in [1.807, 2.05) is 13.8 Å². The van der Waals surface area contributed by atoms with Crippen molar-refractivity contribution in [2.45, 2.75) is 20.3 Å². The second-order valence-electron chi connectivity index (χ2n) is 1.80. The van der Waals surface area contributed by atoms with E-state index in [0.29, 0.717) is 12.3 Å². The fourth-order valence-electron chi connectivity index (χ4n) is 0.183. The van der Waals surface area contributed by atoms with Crippen LogP contribution in [0.15, 0.2) is 0 Å². The summed E-state index contributed by atoms with van der Waals surface area (Å²) in [5, 5.41) is 7.99. The topological polar surface area (TPSA) is 58.8 Å². The van der Waals surface area contributed by atoms with Crippen LogP contribution in [0.2, 0.25) is 0 Å². The Balaban J connectivity index is -0.000000107. The Morgan fingerprint density at radius 3 is 1.80 bits per heavy atom. The maximum atomic E-state index is 7.99. The first-order chi connectivity index (χ1) is 4.18. The third-order valence-corrected chi connectivity index (χ3v) is 0.500. The molecular formula is C5H12Cl2N2Pt. The fraction of sp³-hybridized carbons (Fsp3) is 0.800. The van der Waals surface area contributed by atoms with Crippen LogP contribution in [-0.2, 0) is 16.5 Å². The van der Waals surface area contributed by atoms with Crippen molar-refractivity contribution in [3.05, 3.63) is 0 Å². The Kier molecular flexibility index (Phi) is 27.8. The molecule has 0 aromatic heterocycles. The second kappa shape index (κ2) is 16.4. The molecule has 0 saturated carbocycles. The molecule has 0 amide bonds. The molecule has 0 rings (SSSR count). The Hall–Kier alpha value is 0.718. The molecule has 66 valence electrons. The van der Waals surface area contributed by atoms with Crippen LogP contribution in [0.25, 0.3) is 0 Å². The zero-order valence-corrected chi connectivity index (χ0v) is 9.80. The first kappa shape index (κ1) is 17.0. The van der Waals surface area contributed by atoms with Gasteiger partial charge in [0.1, 0.15) is 0 Å². The van der Waals surface area contributed by atoms with Crippen LogP contribution in [0.1, 0.15) is 20.3 Å². The average molecular weight is 366 g/mol. The molecule has 3 N–H and O–H groups in total. The van der Waals surface area contributed by atoms with Crippen molar-refractivity contribution in [2.75, 3.05) is 0 Å². The first-order valence-corrected chi connectivity index (χ1v) is 8.01. The van der Waals surface area contributed by atoms with Gasteiger partial charge in [0.15, 0.2) is 0 Å². The SMILES string of the molecule is CC(C)CC#N.N.[Cl][Pt][Cl]. The fourth-order valence-corrected chi connectivity index (χ4v) is 0.183. The second-order valence-corrected chi connectivity index (χ2v) is 5.08. The van der Waals surface area contributed by atoms with Crippen LogP contribution in [0.3, 0.4) is 0 Å². The third kappa shape index (κ3) is 37.6. The van der Waals surface area contributed by atoms with Gasteiger partial charge in [-0.25, -0.2) is 0 Å². The van der Waals surface area contributed by atoms with Gasteiger partial charge in [0.25, 0.3) is 0 Å². The van der Waals surface area contributed by atoms with Crippen LogP contribution in [-0.4, -0.2) is 0 Å². The number of nitrogens with zero attached hydrogens (tertiary/aromatic N) is 1. The molecule has 0 radical (unpaired) electrons. The summed E-state index contributed by atoms with van der Waals surface area (Å²) in [5.74, 6) is 0.537. The summed E-state index contributed by atoms with van der Waals surface area (Å²) in [4.78, 5) is 0. The molecule has 0 aliphatic heterocycles. The molecule has 0 aliphatic rings. The zero-order valence-electron chi connectivity index (χ0n) is 6.01. The summed E-state index contributed by atoms with van der Waals surface area (Å²) in [6.07, 6.45) is 0.681. The summed E-state index contributed by atoms with van der Waals surface area (Å²) < 4.78 is 0. The van der Waals surface area contributed by atoms with Crippen molar-refractivity contribution in [2.24, 2.45) is 5.92 Å². The molecule has 0 aromatic rings. The van der Waals surface area contributed by atoms with Gasteiger partial charge >= 0.3 is 35.3 Å². The van der Waals surface area contributed by atoms with Gasteiger partial charge < -0.3 is 6.15 Å². The van der Waals surface area contributed by atoms with E-state index in [2.05, 4.69) is 6.07 Å². The molecule has 0 fully saturated rings. The maximum absolute atomic E-state index is 7.99. The van der Waals surface area contributed by atoms with E-state index in [4.69, 9.17) is 24.1 Å². The van der Waals surface area contributed by atoms with Crippen molar-refractivity contribution >= 4 is 18.8 Å². The molecule has 10 heavy (non-hydrogen) atoms. The molecule has 2 nitrogen and oxygen atoms in total. The van der Waals surface area contributed by atoms with E-state index in [1.54, 1.807) is 0 Å². The zero-order chi connectivity index (χ0) is 7.70. The summed E-state index contributed by atoms with van der Waals surface area (Å²) in [5.41, 5.74) is 0. The van der Waals surface area contributed by atoms with Gasteiger partial charge in [-0.15, -0.1) is 0 Å². The van der Waals surface area contributed by atoms with Crippen LogP contribution in [0.5, 0.6) is 0 Å². The van der Waals surface area contributed by atoms with E-state index < -0.39 is 16.5 Å². The number of halogens is 2. The molecule has 0 saturated heterocycles. The van der Waals surface area contributed by atoms with E-state index in [9.17, 15) is 0 Å². The van der Waals surface area contributed by atoms with Crippen molar-refractivity contribution < 1.29 is 16.5 Å². The van der Waals surface area contributed by atoms with Gasteiger partial charge in [-0.2, -0.15) is 5.26 Å². The molecule has 0 heterocycles. The Morgan fingerprint density at radius 1 is 1.50 bits per heavy atom. The molecule has 0 unspecified atom stereocenters. The van der Waals surface area contributed by atoms with Crippen LogP contribution < -0.4 is 6.15 Å². The number of hydrogen-bond donors (Lipinski definition) is 1. The van der Waals surface area contributed by atoms with Crippen molar-refractivity contribution in [1.29, 1.82) is 5.26 Å². The molecule has 0 aromatic carbocycles. The Morgan fingerprint density at radius 2 is 1.80 bits per heavy atom. The standard InChI is InChI=1S/C5H9N.2ClH.H3N.Pt/c1-5(2)3-4-6;;;;/h5H,3H2,1-2H3;2*1H;1H3;/q;;;;+2/p-2. The predicted octanol–water partition coefficient (Wildman–Crippen LogP) is 3.09. The van der Waals surface area contributed by atoms with E-state index in [1.165, 1.54) is 0 Å². The van der Waals surface area contributed by atoms with Gasteiger partial charge in [0.05, 0.1) is 6.07 Å². The monoisotopic (exact) mass is 365 g/mol. The predicted molar refractivity (Wildman–Crippen MR) is 41.8 cm³/mol. The summed E-state index contributed by atoms with van der Waals surface area (Å²) in [7, 11) is 9.75. The average Bonchev–Trinajstić information content (AvgIpc) is 1.67. The first-order valence-electron chi connectivity index (χ1n) is 2.38. The normalized spacial score (nSPS) is 7.20. The van der Waals surface area contributed by atoms with Crippen molar-refractivity contribution in [3.63, 3.8) is 0 Å². The summed E-state index contributed by atoms with van der Waals surface area (Å²) in [6, 6.07) is 2.07. The minimum absolute atomic E-state index is 0. The quantitative estimate of drug-likeness (QED) is 0.776. The Bertz CT molecular complexity index is 82.2. The van der Waals surface area contributed by atoms with Gasteiger partial charge in [-0.3, -0.25) is 0 Å². The van der Waals surface area contributed by atoms with Gasteiger partial charge in [-0.05, 0) is 5.92 Å². The molecule has 0 atom stereocenters.